The van der Waals surface area contributed by atoms with Gasteiger partial charge in [-0.2, -0.15) is 0 Å². The monoisotopic (exact) mass is 212 g/mol. The third kappa shape index (κ3) is 5.31. The fraction of sp³-hybridized carbons (Fsp3) is 0. The third-order valence-electron chi connectivity index (χ3n) is 0.672. The van der Waals surface area contributed by atoms with Crippen molar-refractivity contribution in [2.45, 2.75) is 0 Å². The van der Waals surface area contributed by atoms with Gasteiger partial charge in [0.1, 0.15) is 5.06 Å². The zero-order valence-electron chi connectivity index (χ0n) is 4.71. The molecule has 0 saturated heterocycles. The van der Waals surface area contributed by atoms with Crippen LogP contribution >= 0.6 is 15.2 Å². The molecule has 0 radical (unpaired) electrons. The van der Waals surface area contributed by atoms with Crippen molar-refractivity contribution in [1.29, 1.82) is 0 Å². The first-order valence-corrected chi connectivity index (χ1v) is 5.19. The summed E-state index contributed by atoms with van der Waals surface area (Å²) >= 11 is 0. The fourth-order valence-electron chi connectivity index (χ4n) is 0.170. The van der Waals surface area contributed by atoms with E-state index in [9.17, 15) is 9.13 Å². The van der Waals surface area contributed by atoms with Gasteiger partial charge in [-0.15, -0.1) is 0 Å². The second-order valence-corrected chi connectivity index (χ2v) is 5.11. The summed E-state index contributed by atoms with van der Waals surface area (Å²) in [6, 6.07) is 0. The summed E-state index contributed by atoms with van der Waals surface area (Å²) in [6.07, 6.45) is 0. The van der Waals surface area contributed by atoms with E-state index in [1.165, 1.54) is 0 Å². The number of rotatable bonds is 2. The van der Waals surface area contributed by atoms with Crippen LogP contribution in [0, 0.1) is 0 Å². The zero-order chi connectivity index (χ0) is 8.58. The first-order valence-electron chi connectivity index (χ1n) is 1.97. The van der Waals surface area contributed by atoms with E-state index in [0.29, 0.717) is 0 Å². The Labute approximate surface area is 84.9 Å². The molecule has 6 nitrogen and oxygen atoms in total. The van der Waals surface area contributed by atoms with Crippen molar-refractivity contribution in [3.05, 3.63) is 11.6 Å². The summed E-state index contributed by atoms with van der Waals surface area (Å²) in [5, 5.41) is -1.35. The van der Waals surface area contributed by atoms with Gasteiger partial charge >= 0.3 is 44.7 Å². The van der Waals surface area contributed by atoms with Crippen LogP contribution in [0.1, 0.15) is 0 Å². The molecule has 11 heavy (non-hydrogen) atoms. The van der Waals surface area contributed by atoms with Gasteiger partial charge in [0, 0.05) is 0 Å². The van der Waals surface area contributed by atoms with E-state index < -0.39 is 20.2 Å². The van der Waals surface area contributed by atoms with Gasteiger partial charge in [-0.3, -0.25) is 9.13 Å². The van der Waals surface area contributed by atoms with Crippen molar-refractivity contribution in [2.24, 2.45) is 0 Å². The van der Waals surface area contributed by atoms with E-state index in [-0.39, 0.29) is 29.6 Å². The molecule has 0 aliphatic heterocycles. The van der Waals surface area contributed by atoms with Crippen molar-refractivity contribution >= 4 is 44.7 Å². The molecule has 0 aromatic heterocycles. The molecule has 0 fully saturated rings. The molecule has 0 aliphatic carbocycles. The summed E-state index contributed by atoms with van der Waals surface area (Å²) in [7, 11) is -9.67. The van der Waals surface area contributed by atoms with Gasteiger partial charge in [-0.25, -0.2) is 0 Å². The van der Waals surface area contributed by atoms with Gasteiger partial charge in [0.15, 0.2) is 0 Å². The predicted molar refractivity (Wildman–Crippen MR) is 40.4 cm³/mol. The third-order valence-corrected chi connectivity index (χ3v) is 3.58. The van der Waals surface area contributed by atoms with Crippen LogP contribution in [0.4, 0.5) is 0 Å². The molecule has 0 aromatic rings. The van der Waals surface area contributed by atoms with E-state index in [1.807, 2.05) is 0 Å². The Bertz CT molecular complexity index is 211. The van der Waals surface area contributed by atoms with Gasteiger partial charge in [-0.1, -0.05) is 6.58 Å². The molecule has 62 valence electrons. The molecule has 9 heteroatoms. The first-order chi connectivity index (χ1) is 4.15. The van der Waals surface area contributed by atoms with Crippen LogP contribution in [0.3, 0.4) is 0 Å². The van der Waals surface area contributed by atoms with Crippen LogP contribution < -0.4 is 0 Å². The minimum absolute atomic E-state index is 0. The zero-order valence-corrected chi connectivity index (χ0v) is 6.50. The van der Waals surface area contributed by atoms with Crippen LogP contribution in [0.2, 0.25) is 0 Å². The molecular weight excluding hydrogens is 205 g/mol. The number of hydrogen-bond acceptors (Lipinski definition) is 2. The van der Waals surface area contributed by atoms with Gasteiger partial charge in [0.25, 0.3) is 0 Å². The Hall–Kier alpha value is 1.04. The second-order valence-electron chi connectivity index (χ2n) is 1.50. The van der Waals surface area contributed by atoms with Gasteiger partial charge < -0.3 is 19.6 Å². The maximum atomic E-state index is 10.1. The molecule has 0 heterocycles. The fourth-order valence-corrected chi connectivity index (χ4v) is 1.53. The summed E-state index contributed by atoms with van der Waals surface area (Å²) in [5.41, 5.74) is 0. The molecule has 0 unspecified atom stereocenters. The molecule has 0 amide bonds. The Morgan fingerprint density at radius 2 is 1.18 bits per heavy atom. The van der Waals surface area contributed by atoms with E-state index in [0.717, 1.165) is 0 Å². The minimum atomic E-state index is -4.84. The van der Waals surface area contributed by atoms with Crippen LogP contribution in [-0.2, 0) is 9.13 Å². The molecular formula is C2H7NaO6P2. The predicted octanol–water partition coefficient (Wildman–Crippen LogP) is -0.836. The van der Waals surface area contributed by atoms with E-state index in [4.69, 9.17) is 19.6 Å². The van der Waals surface area contributed by atoms with Crippen LogP contribution in [-0.4, -0.2) is 49.1 Å². The Kier molecular flexibility index (Phi) is 5.72. The van der Waals surface area contributed by atoms with Crippen LogP contribution in [0.15, 0.2) is 11.6 Å². The molecule has 0 atom stereocenters. The topological polar surface area (TPSA) is 115 Å². The molecule has 0 rings (SSSR count). The van der Waals surface area contributed by atoms with Crippen molar-refractivity contribution < 1.29 is 28.7 Å². The average molecular weight is 212 g/mol. The number of hydrogen-bond donors (Lipinski definition) is 4. The first kappa shape index (κ1) is 14.6. The standard InChI is InChI=1S/C2H6O6P2.Na.H/c1-2(9(3,4)5)10(6,7)8;;/h1H2,(H2,3,4,5)(H2,6,7,8);;. The van der Waals surface area contributed by atoms with E-state index in [1.54, 1.807) is 0 Å². The van der Waals surface area contributed by atoms with Crippen molar-refractivity contribution in [3.63, 3.8) is 0 Å². The molecule has 0 spiro atoms. The Morgan fingerprint density at radius 1 is 1.00 bits per heavy atom. The average Bonchev–Trinajstić information content (AvgIpc) is 1.59. The summed E-state index contributed by atoms with van der Waals surface area (Å²) in [6.45, 7) is 2.57. The molecule has 0 saturated carbocycles. The normalized spacial score (nSPS) is 12.0. The van der Waals surface area contributed by atoms with Crippen LogP contribution in [0.25, 0.3) is 0 Å². The summed E-state index contributed by atoms with van der Waals surface area (Å²) in [5.74, 6) is 0. The quantitative estimate of drug-likeness (QED) is 0.350. The van der Waals surface area contributed by atoms with Gasteiger partial charge in [-0.05, 0) is 0 Å². The van der Waals surface area contributed by atoms with Crippen molar-refractivity contribution in [2.75, 3.05) is 0 Å². The van der Waals surface area contributed by atoms with Gasteiger partial charge in [0.2, 0.25) is 0 Å². The Balaban J connectivity index is 0. The van der Waals surface area contributed by atoms with E-state index >= 15 is 0 Å². The van der Waals surface area contributed by atoms with Crippen molar-refractivity contribution in [3.8, 4) is 0 Å². The molecule has 0 aliphatic rings. The maximum absolute atomic E-state index is 10.1. The summed E-state index contributed by atoms with van der Waals surface area (Å²) in [4.78, 5) is 32.6. The second kappa shape index (κ2) is 4.33. The van der Waals surface area contributed by atoms with Crippen LogP contribution in [0.5, 0.6) is 0 Å². The van der Waals surface area contributed by atoms with E-state index in [2.05, 4.69) is 6.58 Å². The molecule has 4 N–H and O–H groups in total. The molecule has 0 aromatic carbocycles. The molecule has 0 bridgehead atoms. The summed E-state index contributed by atoms with van der Waals surface area (Å²) < 4.78 is 20.2. The van der Waals surface area contributed by atoms with Gasteiger partial charge in [0.05, 0.1) is 0 Å². The Morgan fingerprint density at radius 3 is 1.18 bits per heavy atom. The SMILES string of the molecule is C=C(P(=O)(O)O)P(=O)(O)O.[NaH]. The van der Waals surface area contributed by atoms with Crippen molar-refractivity contribution in [1.82, 2.24) is 0 Å².